The quantitative estimate of drug-likeness (QED) is 0.785. The molecule has 132 valence electrons. The summed E-state index contributed by atoms with van der Waals surface area (Å²) >= 11 is 0. The van der Waals surface area contributed by atoms with Crippen LogP contribution in [0.1, 0.15) is 23.2 Å². The lowest BCUT2D eigenvalue weighted by molar-refractivity contribution is 0.0718. The molecule has 0 saturated carbocycles. The third-order valence-electron chi connectivity index (χ3n) is 4.81. The van der Waals surface area contributed by atoms with Crippen LogP contribution in [0, 0.1) is 0 Å². The van der Waals surface area contributed by atoms with E-state index in [4.69, 9.17) is 0 Å². The summed E-state index contributed by atoms with van der Waals surface area (Å²) in [6.07, 6.45) is 5.49. The molecule has 0 unspecified atom stereocenters. The second-order valence-electron chi connectivity index (χ2n) is 6.54. The highest BCUT2D eigenvalue weighted by Crippen LogP contribution is 2.21. The highest BCUT2D eigenvalue weighted by atomic mass is 16.2. The second-order valence-corrected chi connectivity index (χ2v) is 6.54. The van der Waals surface area contributed by atoms with E-state index >= 15 is 0 Å². The zero-order chi connectivity index (χ0) is 17.8. The van der Waals surface area contributed by atoms with Crippen molar-refractivity contribution in [1.82, 2.24) is 14.7 Å². The van der Waals surface area contributed by atoms with Crippen LogP contribution in [-0.2, 0) is 0 Å². The number of hydrogen-bond donors (Lipinski definition) is 1. The van der Waals surface area contributed by atoms with E-state index < -0.39 is 0 Å². The minimum absolute atomic E-state index is 0.0780. The third kappa shape index (κ3) is 3.47. The SMILES string of the molecule is O=C(c1ccccc1-n1cccn1)N1CCC(Nc2ccccc2)CC1. The fourth-order valence-electron chi connectivity index (χ4n) is 3.43. The summed E-state index contributed by atoms with van der Waals surface area (Å²) in [5.41, 5.74) is 2.67. The van der Waals surface area contributed by atoms with E-state index in [1.54, 1.807) is 10.9 Å². The van der Waals surface area contributed by atoms with E-state index in [9.17, 15) is 4.79 Å². The van der Waals surface area contributed by atoms with Crippen molar-refractivity contribution in [2.75, 3.05) is 18.4 Å². The molecule has 4 rings (SSSR count). The molecule has 1 fully saturated rings. The molecule has 5 nitrogen and oxygen atoms in total. The van der Waals surface area contributed by atoms with Crippen LogP contribution in [0.5, 0.6) is 0 Å². The molecule has 3 aromatic rings. The molecular formula is C21H22N4O. The Morgan fingerprint density at radius 3 is 2.42 bits per heavy atom. The number of nitrogens with one attached hydrogen (secondary N) is 1. The first-order chi connectivity index (χ1) is 12.8. The molecule has 0 bridgehead atoms. The minimum Gasteiger partial charge on any atom is -0.382 e. The lowest BCUT2D eigenvalue weighted by Crippen LogP contribution is -2.42. The van der Waals surface area contributed by atoms with Crippen molar-refractivity contribution in [3.05, 3.63) is 78.6 Å². The van der Waals surface area contributed by atoms with Crippen molar-refractivity contribution < 1.29 is 4.79 Å². The molecule has 26 heavy (non-hydrogen) atoms. The molecule has 1 saturated heterocycles. The Morgan fingerprint density at radius 2 is 1.69 bits per heavy atom. The maximum atomic E-state index is 13.0. The zero-order valence-corrected chi connectivity index (χ0v) is 14.6. The highest BCUT2D eigenvalue weighted by molar-refractivity contribution is 5.97. The number of para-hydroxylation sites is 2. The molecular weight excluding hydrogens is 324 g/mol. The van der Waals surface area contributed by atoms with Crippen molar-refractivity contribution in [2.24, 2.45) is 0 Å². The maximum absolute atomic E-state index is 13.0. The van der Waals surface area contributed by atoms with Crippen LogP contribution in [0.4, 0.5) is 5.69 Å². The fourth-order valence-corrected chi connectivity index (χ4v) is 3.43. The number of carbonyl (C=O) groups is 1. The van der Waals surface area contributed by atoms with E-state index in [0.717, 1.165) is 37.3 Å². The monoisotopic (exact) mass is 346 g/mol. The average molecular weight is 346 g/mol. The standard InChI is InChI=1S/C21H22N4O/c26-21(19-9-4-5-10-20(19)25-14-6-13-22-25)24-15-11-18(12-16-24)23-17-7-2-1-3-8-17/h1-10,13-14,18,23H,11-12,15-16H2. The van der Waals surface area contributed by atoms with Crippen molar-refractivity contribution >= 4 is 11.6 Å². The Labute approximate surface area is 153 Å². The van der Waals surface area contributed by atoms with Gasteiger partial charge in [0.15, 0.2) is 0 Å². The van der Waals surface area contributed by atoms with Crippen LogP contribution in [0.25, 0.3) is 5.69 Å². The summed E-state index contributed by atoms with van der Waals surface area (Å²) in [7, 11) is 0. The van der Waals surface area contributed by atoms with Gasteiger partial charge in [-0.15, -0.1) is 0 Å². The van der Waals surface area contributed by atoms with Crippen LogP contribution in [0.2, 0.25) is 0 Å². The van der Waals surface area contributed by atoms with Gasteiger partial charge in [0.05, 0.1) is 11.3 Å². The molecule has 0 spiro atoms. The Bertz CT molecular complexity index is 853. The summed E-state index contributed by atoms with van der Waals surface area (Å²) in [6, 6.07) is 20.2. The van der Waals surface area contributed by atoms with Crippen LogP contribution < -0.4 is 5.32 Å². The van der Waals surface area contributed by atoms with Crippen LogP contribution in [0.15, 0.2) is 73.1 Å². The first kappa shape index (κ1) is 16.4. The molecule has 2 aromatic carbocycles. The van der Waals surface area contributed by atoms with Gasteiger partial charge in [0.2, 0.25) is 0 Å². The van der Waals surface area contributed by atoms with E-state index in [0.29, 0.717) is 11.6 Å². The first-order valence-electron chi connectivity index (χ1n) is 9.01. The number of anilines is 1. The summed E-state index contributed by atoms with van der Waals surface area (Å²) in [5, 5.41) is 7.83. The van der Waals surface area contributed by atoms with Crippen LogP contribution >= 0.6 is 0 Å². The Balaban J connectivity index is 1.43. The Morgan fingerprint density at radius 1 is 0.962 bits per heavy atom. The lowest BCUT2D eigenvalue weighted by Gasteiger charge is -2.33. The summed E-state index contributed by atoms with van der Waals surface area (Å²) in [6.45, 7) is 1.52. The predicted octanol–water partition coefficient (Wildman–Crippen LogP) is 3.59. The molecule has 1 amide bonds. The van der Waals surface area contributed by atoms with E-state index in [2.05, 4.69) is 22.5 Å². The minimum atomic E-state index is 0.0780. The van der Waals surface area contributed by atoms with Gasteiger partial charge in [-0.25, -0.2) is 4.68 Å². The molecule has 1 aliphatic rings. The molecule has 0 atom stereocenters. The van der Waals surface area contributed by atoms with Gasteiger partial charge in [-0.2, -0.15) is 5.10 Å². The van der Waals surface area contributed by atoms with E-state index in [1.165, 1.54) is 0 Å². The molecule has 5 heteroatoms. The molecule has 1 N–H and O–H groups in total. The highest BCUT2D eigenvalue weighted by Gasteiger charge is 2.25. The van der Waals surface area contributed by atoms with Gasteiger partial charge >= 0.3 is 0 Å². The topological polar surface area (TPSA) is 50.2 Å². The number of aromatic nitrogens is 2. The summed E-state index contributed by atoms with van der Waals surface area (Å²) in [4.78, 5) is 15.0. The van der Waals surface area contributed by atoms with Crippen LogP contribution in [0.3, 0.4) is 0 Å². The van der Waals surface area contributed by atoms with E-state index in [-0.39, 0.29) is 5.91 Å². The van der Waals surface area contributed by atoms with Gasteiger partial charge in [0, 0.05) is 37.2 Å². The molecule has 2 heterocycles. The number of amides is 1. The normalized spacial score (nSPS) is 15.0. The predicted molar refractivity (Wildman–Crippen MR) is 103 cm³/mol. The third-order valence-corrected chi connectivity index (χ3v) is 4.81. The van der Waals surface area contributed by atoms with Crippen molar-refractivity contribution in [3.8, 4) is 5.69 Å². The van der Waals surface area contributed by atoms with E-state index in [1.807, 2.05) is 59.6 Å². The number of hydrogen-bond acceptors (Lipinski definition) is 3. The van der Waals surface area contributed by atoms with Crippen molar-refractivity contribution in [2.45, 2.75) is 18.9 Å². The summed E-state index contributed by atoms with van der Waals surface area (Å²) < 4.78 is 1.75. The fraction of sp³-hybridized carbons (Fsp3) is 0.238. The van der Waals surface area contributed by atoms with Gasteiger partial charge in [0.25, 0.3) is 5.91 Å². The number of piperidine rings is 1. The number of benzene rings is 2. The molecule has 0 aliphatic carbocycles. The van der Waals surface area contributed by atoms with Gasteiger partial charge in [-0.05, 0) is 43.2 Å². The molecule has 1 aromatic heterocycles. The second kappa shape index (κ2) is 7.44. The molecule has 1 aliphatic heterocycles. The number of carbonyl (C=O) groups excluding carboxylic acids is 1. The number of rotatable bonds is 4. The van der Waals surface area contributed by atoms with Crippen LogP contribution in [-0.4, -0.2) is 39.7 Å². The van der Waals surface area contributed by atoms with Gasteiger partial charge in [-0.1, -0.05) is 30.3 Å². The summed E-state index contributed by atoms with van der Waals surface area (Å²) in [5.74, 6) is 0.0780. The number of nitrogens with zero attached hydrogens (tertiary/aromatic N) is 3. The zero-order valence-electron chi connectivity index (χ0n) is 14.6. The average Bonchev–Trinajstić information content (AvgIpc) is 3.24. The smallest absolute Gasteiger partial charge is 0.256 e. The Kier molecular flexibility index (Phi) is 4.69. The first-order valence-corrected chi connectivity index (χ1v) is 9.01. The largest absolute Gasteiger partial charge is 0.382 e. The van der Waals surface area contributed by atoms with Gasteiger partial charge in [0.1, 0.15) is 0 Å². The van der Waals surface area contributed by atoms with Crippen molar-refractivity contribution in [3.63, 3.8) is 0 Å². The Hall–Kier alpha value is -3.08. The maximum Gasteiger partial charge on any atom is 0.256 e. The lowest BCUT2D eigenvalue weighted by atomic mass is 10.0. The van der Waals surface area contributed by atoms with Crippen molar-refractivity contribution in [1.29, 1.82) is 0 Å². The van der Waals surface area contributed by atoms with Gasteiger partial charge < -0.3 is 10.2 Å². The number of likely N-dealkylation sites (tertiary alicyclic amines) is 1. The van der Waals surface area contributed by atoms with Gasteiger partial charge in [-0.3, -0.25) is 4.79 Å². The molecule has 0 radical (unpaired) electrons.